The van der Waals surface area contributed by atoms with Crippen LogP contribution in [0.15, 0.2) is 53.5 Å². The lowest BCUT2D eigenvalue weighted by Gasteiger charge is -2.24. The minimum Gasteiger partial charge on any atom is -0.508 e. The van der Waals surface area contributed by atoms with Crippen LogP contribution in [0, 0.1) is 0 Å². The van der Waals surface area contributed by atoms with E-state index in [9.17, 15) is 14.7 Å². The summed E-state index contributed by atoms with van der Waals surface area (Å²) in [5, 5.41) is 21.4. The van der Waals surface area contributed by atoms with Crippen LogP contribution in [0.5, 0.6) is 5.75 Å². The highest BCUT2D eigenvalue weighted by molar-refractivity contribution is 14.0. The summed E-state index contributed by atoms with van der Waals surface area (Å²) in [6.45, 7) is 4.08. The molecule has 0 fully saturated rings. The summed E-state index contributed by atoms with van der Waals surface area (Å²) in [4.78, 5) is 28.7. The second kappa shape index (κ2) is 12.1. The van der Waals surface area contributed by atoms with Crippen molar-refractivity contribution in [2.75, 3.05) is 31.5 Å². The van der Waals surface area contributed by atoms with Gasteiger partial charge in [-0.1, -0.05) is 18.2 Å². The van der Waals surface area contributed by atoms with Crippen molar-refractivity contribution in [1.29, 1.82) is 0 Å². The molecule has 0 saturated heterocycles. The maximum absolute atomic E-state index is 12.1. The first kappa shape index (κ1) is 24.4. The number of hydrogen-bond donors (Lipinski definition) is 5. The number of halogens is 1. The highest BCUT2D eigenvalue weighted by Crippen LogP contribution is 2.31. The fraction of sp³-hybridized carbons (Fsp3) is 0.318. The number of rotatable bonds is 7. The number of guanidine groups is 1. The van der Waals surface area contributed by atoms with Crippen LogP contribution in [0.25, 0.3) is 0 Å². The average Bonchev–Trinajstić information content (AvgIpc) is 2.75. The SMILES string of the molecule is CCNC(=NCC1CC(=O)Nc2ccccc21)NCCNC(=O)c1ccc(O)cc1.I. The molecule has 3 rings (SSSR count). The Morgan fingerprint density at radius 2 is 1.81 bits per heavy atom. The van der Waals surface area contributed by atoms with Crippen LogP contribution in [0.1, 0.15) is 35.2 Å². The Hall–Kier alpha value is -2.82. The van der Waals surface area contributed by atoms with Crippen LogP contribution >= 0.6 is 24.0 Å². The van der Waals surface area contributed by atoms with Crippen molar-refractivity contribution in [1.82, 2.24) is 16.0 Å². The van der Waals surface area contributed by atoms with E-state index in [1.54, 1.807) is 12.1 Å². The molecule has 0 spiro atoms. The van der Waals surface area contributed by atoms with Gasteiger partial charge in [0.15, 0.2) is 5.96 Å². The molecule has 1 unspecified atom stereocenters. The van der Waals surface area contributed by atoms with Gasteiger partial charge in [0.25, 0.3) is 5.91 Å². The Morgan fingerprint density at radius 1 is 1.10 bits per heavy atom. The zero-order valence-corrected chi connectivity index (χ0v) is 19.7. The summed E-state index contributed by atoms with van der Waals surface area (Å²) in [5.74, 6) is 0.588. The Morgan fingerprint density at radius 3 is 2.55 bits per heavy atom. The maximum atomic E-state index is 12.1. The molecule has 1 aliphatic rings. The molecule has 5 N–H and O–H groups in total. The lowest BCUT2D eigenvalue weighted by molar-refractivity contribution is -0.116. The van der Waals surface area contributed by atoms with Gasteiger partial charge in [0, 0.05) is 43.2 Å². The molecule has 0 aliphatic carbocycles. The third-order valence-electron chi connectivity index (χ3n) is 4.75. The minimum atomic E-state index is -0.205. The first-order valence-corrected chi connectivity index (χ1v) is 10.0. The van der Waals surface area contributed by atoms with Crippen LogP contribution in [-0.4, -0.2) is 49.1 Å². The molecule has 2 aromatic carbocycles. The molecule has 9 heteroatoms. The standard InChI is InChI=1S/C22H27N5O3.HI/c1-2-23-22(25-12-11-24-21(30)15-7-9-17(28)10-8-15)26-14-16-13-20(29)27-19-6-4-3-5-18(16)19;/h3-10,16,28H,2,11-14H2,1H3,(H,24,30)(H,27,29)(H2,23,25,26);1H. The van der Waals surface area contributed by atoms with Gasteiger partial charge < -0.3 is 26.4 Å². The Labute approximate surface area is 198 Å². The van der Waals surface area contributed by atoms with Crippen LogP contribution in [0.4, 0.5) is 5.69 Å². The first-order chi connectivity index (χ1) is 14.6. The van der Waals surface area contributed by atoms with Crippen molar-refractivity contribution in [2.24, 2.45) is 4.99 Å². The highest BCUT2D eigenvalue weighted by Gasteiger charge is 2.24. The number of phenolic OH excluding ortho intramolecular Hbond substituents is 1. The third-order valence-corrected chi connectivity index (χ3v) is 4.75. The van der Waals surface area contributed by atoms with Crippen molar-refractivity contribution < 1.29 is 14.7 Å². The number of anilines is 1. The van der Waals surface area contributed by atoms with E-state index in [0.29, 0.717) is 44.1 Å². The topological polar surface area (TPSA) is 115 Å². The number of nitrogens with one attached hydrogen (secondary N) is 4. The highest BCUT2D eigenvalue weighted by atomic mass is 127. The summed E-state index contributed by atoms with van der Waals surface area (Å²) in [7, 11) is 0. The van der Waals surface area contributed by atoms with Gasteiger partial charge in [-0.15, -0.1) is 24.0 Å². The number of carbonyl (C=O) groups is 2. The number of hydrogen-bond acceptors (Lipinski definition) is 4. The average molecular weight is 537 g/mol. The predicted octanol–water partition coefficient (Wildman–Crippen LogP) is 2.42. The molecule has 0 saturated carbocycles. The minimum absolute atomic E-state index is 0. The summed E-state index contributed by atoms with van der Waals surface area (Å²) >= 11 is 0. The molecule has 1 heterocycles. The molecule has 1 aliphatic heterocycles. The monoisotopic (exact) mass is 537 g/mol. The van der Waals surface area contributed by atoms with E-state index in [-0.39, 0.29) is 47.5 Å². The molecule has 8 nitrogen and oxygen atoms in total. The van der Waals surface area contributed by atoms with Crippen LogP contribution in [0.2, 0.25) is 0 Å². The zero-order chi connectivity index (χ0) is 21.3. The molecular weight excluding hydrogens is 509 g/mol. The molecule has 1 atom stereocenters. The molecular formula is C22H28IN5O3. The number of amides is 2. The number of benzene rings is 2. The number of para-hydroxylation sites is 1. The normalized spacial score (nSPS) is 15.2. The quantitative estimate of drug-likeness (QED) is 0.161. The molecule has 0 aromatic heterocycles. The summed E-state index contributed by atoms with van der Waals surface area (Å²) in [5.41, 5.74) is 2.43. The van der Waals surface area contributed by atoms with Gasteiger partial charge >= 0.3 is 0 Å². The fourth-order valence-electron chi connectivity index (χ4n) is 3.28. The predicted molar refractivity (Wildman–Crippen MR) is 132 cm³/mol. The maximum Gasteiger partial charge on any atom is 0.251 e. The van der Waals surface area contributed by atoms with Gasteiger partial charge in [-0.05, 0) is 42.8 Å². The van der Waals surface area contributed by atoms with E-state index in [2.05, 4.69) is 26.3 Å². The van der Waals surface area contributed by atoms with E-state index in [0.717, 1.165) is 11.3 Å². The Balaban J connectivity index is 0.00000341. The van der Waals surface area contributed by atoms with Gasteiger partial charge in [-0.25, -0.2) is 0 Å². The fourth-order valence-corrected chi connectivity index (χ4v) is 3.28. The van der Waals surface area contributed by atoms with Crippen molar-refractivity contribution in [3.8, 4) is 5.75 Å². The second-order valence-electron chi connectivity index (χ2n) is 6.99. The Kier molecular flexibility index (Phi) is 9.57. The van der Waals surface area contributed by atoms with E-state index in [4.69, 9.17) is 0 Å². The Bertz CT molecular complexity index is 918. The summed E-state index contributed by atoms with van der Waals surface area (Å²) in [6, 6.07) is 13.9. The number of aromatic hydroxyl groups is 1. The molecule has 0 radical (unpaired) electrons. The lowest BCUT2D eigenvalue weighted by Crippen LogP contribution is -2.41. The van der Waals surface area contributed by atoms with Crippen LogP contribution < -0.4 is 21.3 Å². The summed E-state index contributed by atoms with van der Waals surface area (Å²) in [6.07, 6.45) is 0.405. The first-order valence-electron chi connectivity index (χ1n) is 10.0. The largest absolute Gasteiger partial charge is 0.508 e. The van der Waals surface area contributed by atoms with Crippen molar-refractivity contribution in [3.05, 3.63) is 59.7 Å². The van der Waals surface area contributed by atoms with Gasteiger partial charge in [-0.3, -0.25) is 14.6 Å². The second-order valence-corrected chi connectivity index (χ2v) is 6.99. The molecule has 2 amide bonds. The molecule has 31 heavy (non-hydrogen) atoms. The third kappa shape index (κ3) is 7.12. The van der Waals surface area contributed by atoms with Gasteiger partial charge in [-0.2, -0.15) is 0 Å². The summed E-state index contributed by atoms with van der Waals surface area (Å²) < 4.78 is 0. The smallest absolute Gasteiger partial charge is 0.251 e. The number of fused-ring (bicyclic) bond motifs is 1. The van der Waals surface area contributed by atoms with E-state index < -0.39 is 0 Å². The zero-order valence-electron chi connectivity index (χ0n) is 17.4. The van der Waals surface area contributed by atoms with Gasteiger partial charge in [0.2, 0.25) is 5.91 Å². The number of carbonyl (C=O) groups excluding carboxylic acids is 2. The van der Waals surface area contributed by atoms with Crippen LogP contribution in [0.3, 0.4) is 0 Å². The van der Waals surface area contributed by atoms with Gasteiger partial charge in [0.1, 0.15) is 5.75 Å². The number of aliphatic imine (C=N–C) groups is 1. The van der Waals surface area contributed by atoms with Crippen molar-refractivity contribution in [3.63, 3.8) is 0 Å². The van der Waals surface area contributed by atoms with E-state index >= 15 is 0 Å². The molecule has 166 valence electrons. The lowest BCUT2D eigenvalue weighted by atomic mass is 9.91. The molecule has 2 aromatic rings. The van der Waals surface area contributed by atoms with E-state index in [1.165, 1.54) is 12.1 Å². The van der Waals surface area contributed by atoms with Gasteiger partial charge in [0.05, 0.1) is 6.54 Å². The van der Waals surface area contributed by atoms with Crippen LogP contribution in [-0.2, 0) is 4.79 Å². The van der Waals surface area contributed by atoms with Crippen molar-refractivity contribution >= 4 is 47.4 Å². The molecule has 0 bridgehead atoms. The number of phenols is 1. The van der Waals surface area contributed by atoms with Crippen molar-refractivity contribution in [2.45, 2.75) is 19.3 Å². The number of nitrogens with zero attached hydrogens (tertiary/aromatic N) is 1. The van der Waals surface area contributed by atoms with E-state index in [1.807, 2.05) is 31.2 Å².